The maximum absolute atomic E-state index is 10.9. The van der Waals surface area contributed by atoms with E-state index in [0.717, 1.165) is 25.9 Å². The number of aliphatic carboxylic acids is 1. The highest BCUT2D eigenvalue weighted by Crippen LogP contribution is 2.21. The van der Waals surface area contributed by atoms with E-state index in [0.29, 0.717) is 12.6 Å². The fraction of sp³-hybridized carbons (Fsp3) is 0.889. The topological polar surface area (TPSA) is 52.6 Å². The largest absolute Gasteiger partial charge is 0.480 e. The first-order chi connectivity index (χ1) is 6.29. The van der Waals surface area contributed by atoms with Gasteiger partial charge < -0.3 is 10.4 Å². The first-order valence-corrected chi connectivity index (χ1v) is 4.98. The standard InChI is InChI=1S/C9H16N2O2/c12-9(13)8-6-10-5-7-3-1-2-4-11(7)8/h7-8,10H,1-6H2,(H,12,13). The van der Waals surface area contributed by atoms with Gasteiger partial charge in [-0.05, 0) is 19.4 Å². The molecular weight excluding hydrogens is 168 g/mol. The van der Waals surface area contributed by atoms with E-state index in [2.05, 4.69) is 10.2 Å². The fourth-order valence-corrected chi connectivity index (χ4v) is 2.39. The zero-order chi connectivity index (χ0) is 9.26. The minimum Gasteiger partial charge on any atom is -0.480 e. The Bertz CT molecular complexity index is 206. The van der Waals surface area contributed by atoms with E-state index < -0.39 is 5.97 Å². The van der Waals surface area contributed by atoms with Gasteiger partial charge in [-0.2, -0.15) is 0 Å². The van der Waals surface area contributed by atoms with Crippen LogP contribution in [-0.2, 0) is 4.79 Å². The number of hydrogen-bond donors (Lipinski definition) is 2. The van der Waals surface area contributed by atoms with Crippen LogP contribution in [0.15, 0.2) is 0 Å². The molecule has 2 rings (SSSR count). The number of piperidine rings is 1. The van der Waals surface area contributed by atoms with Crippen molar-refractivity contribution in [1.29, 1.82) is 0 Å². The summed E-state index contributed by atoms with van der Waals surface area (Å²) in [6, 6.07) is 0.169. The van der Waals surface area contributed by atoms with Gasteiger partial charge in [-0.15, -0.1) is 0 Å². The molecule has 0 aromatic rings. The van der Waals surface area contributed by atoms with Gasteiger partial charge in [0.15, 0.2) is 0 Å². The van der Waals surface area contributed by atoms with Gasteiger partial charge in [-0.1, -0.05) is 6.42 Å². The maximum atomic E-state index is 10.9. The summed E-state index contributed by atoms with van der Waals surface area (Å²) in [7, 11) is 0. The second-order valence-corrected chi connectivity index (χ2v) is 3.90. The normalized spacial score (nSPS) is 35.4. The molecule has 0 aromatic heterocycles. The molecule has 4 nitrogen and oxygen atoms in total. The fourth-order valence-electron chi connectivity index (χ4n) is 2.39. The molecule has 2 aliphatic heterocycles. The molecule has 0 spiro atoms. The SMILES string of the molecule is O=C(O)C1CNCC2CCCCN21. The molecule has 0 amide bonds. The molecule has 0 radical (unpaired) electrons. The third-order valence-electron chi connectivity index (χ3n) is 3.08. The van der Waals surface area contributed by atoms with E-state index in [1.807, 2.05) is 0 Å². The van der Waals surface area contributed by atoms with E-state index in [9.17, 15) is 4.79 Å². The van der Waals surface area contributed by atoms with E-state index in [1.165, 1.54) is 6.42 Å². The molecular formula is C9H16N2O2. The number of carboxylic acid groups (broad SMARTS) is 1. The summed E-state index contributed by atoms with van der Waals surface area (Å²) >= 11 is 0. The second-order valence-electron chi connectivity index (χ2n) is 3.90. The quantitative estimate of drug-likeness (QED) is 0.597. The zero-order valence-corrected chi connectivity index (χ0v) is 7.70. The van der Waals surface area contributed by atoms with Gasteiger partial charge in [0.25, 0.3) is 0 Å². The van der Waals surface area contributed by atoms with Gasteiger partial charge in [0.05, 0.1) is 0 Å². The van der Waals surface area contributed by atoms with Crippen LogP contribution in [0.4, 0.5) is 0 Å². The molecule has 0 aromatic carbocycles. The Kier molecular flexibility index (Phi) is 2.51. The molecule has 2 heterocycles. The van der Waals surface area contributed by atoms with E-state index in [1.54, 1.807) is 0 Å². The van der Waals surface area contributed by atoms with E-state index in [-0.39, 0.29) is 6.04 Å². The van der Waals surface area contributed by atoms with Crippen LogP contribution in [0.5, 0.6) is 0 Å². The third-order valence-corrected chi connectivity index (χ3v) is 3.08. The lowest BCUT2D eigenvalue weighted by Crippen LogP contribution is -2.61. The van der Waals surface area contributed by atoms with Crippen molar-refractivity contribution < 1.29 is 9.90 Å². The molecule has 2 atom stereocenters. The predicted molar refractivity (Wildman–Crippen MR) is 48.6 cm³/mol. The average molecular weight is 184 g/mol. The molecule has 2 aliphatic rings. The van der Waals surface area contributed by atoms with Gasteiger partial charge in [0.2, 0.25) is 0 Å². The van der Waals surface area contributed by atoms with Crippen molar-refractivity contribution in [3.05, 3.63) is 0 Å². The molecule has 2 fully saturated rings. The van der Waals surface area contributed by atoms with Crippen LogP contribution in [0.25, 0.3) is 0 Å². The number of rotatable bonds is 1. The Morgan fingerprint density at radius 1 is 1.38 bits per heavy atom. The van der Waals surface area contributed by atoms with Gasteiger partial charge >= 0.3 is 5.97 Å². The van der Waals surface area contributed by atoms with Crippen LogP contribution < -0.4 is 5.32 Å². The van der Waals surface area contributed by atoms with Crippen LogP contribution >= 0.6 is 0 Å². The van der Waals surface area contributed by atoms with Crippen molar-refractivity contribution in [2.75, 3.05) is 19.6 Å². The number of carbonyl (C=O) groups is 1. The van der Waals surface area contributed by atoms with Gasteiger partial charge in [-0.25, -0.2) is 0 Å². The Morgan fingerprint density at radius 2 is 2.23 bits per heavy atom. The Labute approximate surface area is 77.9 Å². The third kappa shape index (κ3) is 1.69. The molecule has 2 N–H and O–H groups in total. The summed E-state index contributed by atoms with van der Waals surface area (Å²) in [4.78, 5) is 13.1. The van der Waals surface area contributed by atoms with Crippen LogP contribution in [0.3, 0.4) is 0 Å². The number of fused-ring (bicyclic) bond motifs is 1. The predicted octanol–water partition coefficient (Wildman–Crippen LogP) is -0.103. The van der Waals surface area contributed by atoms with Crippen LogP contribution in [0.1, 0.15) is 19.3 Å². The average Bonchev–Trinajstić information content (AvgIpc) is 2.17. The summed E-state index contributed by atoms with van der Waals surface area (Å²) < 4.78 is 0. The minimum atomic E-state index is -0.681. The number of piperazine rings is 1. The van der Waals surface area contributed by atoms with Crippen molar-refractivity contribution in [3.63, 3.8) is 0 Å². The Hall–Kier alpha value is -0.610. The van der Waals surface area contributed by atoms with Gasteiger partial charge in [0.1, 0.15) is 6.04 Å². The van der Waals surface area contributed by atoms with Crippen LogP contribution in [0, 0.1) is 0 Å². The Morgan fingerprint density at radius 3 is 3.00 bits per heavy atom. The molecule has 0 bridgehead atoms. The Balaban J connectivity index is 2.06. The highest BCUT2D eigenvalue weighted by Gasteiger charge is 2.35. The van der Waals surface area contributed by atoms with Crippen LogP contribution in [-0.4, -0.2) is 47.7 Å². The van der Waals surface area contributed by atoms with Crippen molar-refractivity contribution in [2.45, 2.75) is 31.3 Å². The molecule has 13 heavy (non-hydrogen) atoms. The van der Waals surface area contributed by atoms with Crippen molar-refractivity contribution in [1.82, 2.24) is 10.2 Å². The summed E-state index contributed by atoms with van der Waals surface area (Å²) in [6.45, 7) is 2.53. The summed E-state index contributed by atoms with van der Waals surface area (Å²) in [5, 5.41) is 12.2. The lowest BCUT2D eigenvalue weighted by atomic mass is 9.97. The van der Waals surface area contributed by atoms with E-state index in [4.69, 9.17) is 5.11 Å². The minimum absolute atomic E-state index is 0.293. The molecule has 74 valence electrons. The molecule has 2 saturated heterocycles. The number of carboxylic acids is 1. The summed E-state index contributed by atoms with van der Waals surface area (Å²) in [5.41, 5.74) is 0. The van der Waals surface area contributed by atoms with E-state index >= 15 is 0 Å². The molecule has 2 unspecified atom stereocenters. The zero-order valence-electron chi connectivity index (χ0n) is 7.70. The summed E-state index contributed by atoms with van der Waals surface area (Å²) in [5.74, 6) is -0.681. The first-order valence-electron chi connectivity index (χ1n) is 4.98. The van der Waals surface area contributed by atoms with Gasteiger partial charge in [-0.3, -0.25) is 9.69 Å². The van der Waals surface area contributed by atoms with Gasteiger partial charge in [0, 0.05) is 19.1 Å². The lowest BCUT2D eigenvalue weighted by molar-refractivity contribution is -0.146. The molecule has 0 aliphatic carbocycles. The monoisotopic (exact) mass is 184 g/mol. The van der Waals surface area contributed by atoms with Crippen molar-refractivity contribution >= 4 is 5.97 Å². The number of nitrogens with zero attached hydrogens (tertiary/aromatic N) is 1. The van der Waals surface area contributed by atoms with Crippen molar-refractivity contribution in [3.8, 4) is 0 Å². The maximum Gasteiger partial charge on any atom is 0.322 e. The lowest BCUT2D eigenvalue weighted by Gasteiger charge is -2.43. The molecule has 4 heteroatoms. The smallest absolute Gasteiger partial charge is 0.322 e. The second kappa shape index (κ2) is 3.64. The number of nitrogens with one attached hydrogen (secondary N) is 1. The highest BCUT2D eigenvalue weighted by molar-refractivity contribution is 5.74. The highest BCUT2D eigenvalue weighted by atomic mass is 16.4. The van der Waals surface area contributed by atoms with Crippen LogP contribution in [0.2, 0.25) is 0 Å². The summed E-state index contributed by atoms with van der Waals surface area (Å²) in [6.07, 6.45) is 3.55. The van der Waals surface area contributed by atoms with Crippen molar-refractivity contribution in [2.24, 2.45) is 0 Å². The number of hydrogen-bond acceptors (Lipinski definition) is 3. The molecule has 0 saturated carbocycles. The first kappa shape index (κ1) is 8.97.